The largest absolute Gasteiger partial charge is 0.480 e. The number of nitrogens with zero attached hydrogens (tertiary/aromatic N) is 1. The van der Waals surface area contributed by atoms with Crippen molar-refractivity contribution in [3.63, 3.8) is 0 Å². The van der Waals surface area contributed by atoms with Crippen molar-refractivity contribution in [3.05, 3.63) is 0 Å². The Morgan fingerprint density at radius 1 is 1.29 bits per heavy atom. The molecular weight excluding hydrogens is 274 g/mol. The van der Waals surface area contributed by atoms with Crippen LogP contribution >= 0.6 is 0 Å². The summed E-state index contributed by atoms with van der Waals surface area (Å²) < 4.78 is 0. The highest BCUT2D eigenvalue weighted by Crippen LogP contribution is 2.17. The Balaban J connectivity index is 2.74. The lowest BCUT2D eigenvalue weighted by Crippen LogP contribution is -2.57. The van der Waals surface area contributed by atoms with Gasteiger partial charge in [0.25, 0.3) is 0 Å². The van der Waals surface area contributed by atoms with E-state index in [-0.39, 0.29) is 11.8 Å². The Morgan fingerprint density at radius 3 is 2.48 bits per heavy atom. The number of rotatable bonds is 5. The molecule has 3 amide bonds. The van der Waals surface area contributed by atoms with Crippen molar-refractivity contribution in [3.8, 4) is 0 Å². The average molecular weight is 299 g/mol. The Kier molecular flexibility index (Phi) is 6.45. The van der Waals surface area contributed by atoms with E-state index < -0.39 is 24.1 Å². The van der Waals surface area contributed by atoms with E-state index in [4.69, 9.17) is 0 Å². The Hall–Kier alpha value is -1.79. The highest BCUT2D eigenvalue weighted by Gasteiger charge is 2.33. The number of carboxylic acids is 1. The molecule has 0 radical (unpaired) electrons. The molecule has 0 aliphatic carbocycles. The van der Waals surface area contributed by atoms with Gasteiger partial charge in [-0.1, -0.05) is 13.8 Å². The summed E-state index contributed by atoms with van der Waals surface area (Å²) >= 11 is 0. The maximum Gasteiger partial charge on any atom is 0.326 e. The molecule has 1 heterocycles. The molecule has 3 N–H and O–H groups in total. The van der Waals surface area contributed by atoms with E-state index in [2.05, 4.69) is 10.6 Å². The molecule has 1 rings (SSSR count). The van der Waals surface area contributed by atoms with Crippen molar-refractivity contribution >= 4 is 17.9 Å². The molecule has 21 heavy (non-hydrogen) atoms. The Labute approximate surface area is 125 Å². The molecule has 0 aromatic heterocycles. The lowest BCUT2D eigenvalue weighted by Gasteiger charge is -2.35. The first kappa shape index (κ1) is 17.3. The molecule has 0 bridgehead atoms. The van der Waals surface area contributed by atoms with Gasteiger partial charge in [0.2, 0.25) is 5.91 Å². The minimum Gasteiger partial charge on any atom is -0.480 e. The van der Waals surface area contributed by atoms with Crippen LogP contribution in [0.5, 0.6) is 0 Å². The molecule has 1 aliphatic heterocycles. The lowest BCUT2D eigenvalue weighted by molar-refractivity contribution is -0.139. The first-order chi connectivity index (χ1) is 9.86. The van der Waals surface area contributed by atoms with Gasteiger partial charge in [-0.15, -0.1) is 0 Å². The van der Waals surface area contributed by atoms with Crippen molar-refractivity contribution < 1.29 is 19.5 Å². The number of likely N-dealkylation sites (N-methyl/N-ethyl adjacent to an activating group) is 1. The van der Waals surface area contributed by atoms with Crippen LogP contribution in [0.2, 0.25) is 0 Å². The molecule has 1 fully saturated rings. The third-order valence-corrected chi connectivity index (χ3v) is 3.62. The molecule has 0 saturated carbocycles. The van der Waals surface area contributed by atoms with Crippen molar-refractivity contribution in [1.29, 1.82) is 0 Å². The highest BCUT2D eigenvalue weighted by atomic mass is 16.4. The van der Waals surface area contributed by atoms with Gasteiger partial charge in [-0.3, -0.25) is 4.79 Å². The second-order valence-corrected chi connectivity index (χ2v) is 5.79. The number of nitrogens with one attached hydrogen (secondary N) is 2. The van der Waals surface area contributed by atoms with Crippen LogP contribution in [0, 0.1) is 5.92 Å². The molecule has 1 unspecified atom stereocenters. The summed E-state index contributed by atoms with van der Waals surface area (Å²) in [5.41, 5.74) is 0. The summed E-state index contributed by atoms with van der Waals surface area (Å²) in [4.78, 5) is 36.8. The normalized spacial score (nSPS) is 20.0. The van der Waals surface area contributed by atoms with Gasteiger partial charge in [0.05, 0.1) is 0 Å². The molecular formula is C14H25N3O4. The zero-order valence-electron chi connectivity index (χ0n) is 12.9. The fourth-order valence-electron chi connectivity index (χ4n) is 2.54. The number of piperidine rings is 1. The van der Waals surface area contributed by atoms with Crippen molar-refractivity contribution in [2.45, 2.75) is 51.6 Å². The van der Waals surface area contributed by atoms with E-state index in [1.807, 2.05) is 13.8 Å². The molecule has 7 heteroatoms. The van der Waals surface area contributed by atoms with Crippen molar-refractivity contribution in [2.24, 2.45) is 5.92 Å². The number of hydrogen-bond acceptors (Lipinski definition) is 3. The number of aliphatic carboxylic acids is 1. The van der Waals surface area contributed by atoms with Gasteiger partial charge in [0.15, 0.2) is 0 Å². The van der Waals surface area contributed by atoms with E-state index >= 15 is 0 Å². The van der Waals surface area contributed by atoms with E-state index in [9.17, 15) is 19.5 Å². The second kappa shape index (κ2) is 7.85. The smallest absolute Gasteiger partial charge is 0.326 e. The van der Waals surface area contributed by atoms with Crippen LogP contribution in [0.15, 0.2) is 0 Å². The number of urea groups is 1. The van der Waals surface area contributed by atoms with Gasteiger partial charge < -0.3 is 20.6 Å². The van der Waals surface area contributed by atoms with Crippen LogP contribution in [0.4, 0.5) is 4.79 Å². The summed E-state index contributed by atoms with van der Waals surface area (Å²) in [7, 11) is 1.53. The zero-order chi connectivity index (χ0) is 16.0. The van der Waals surface area contributed by atoms with E-state index in [0.29, 0.717) is 19.4 Å². The number of amides is 3. The average Bonchev–Trinajstić information content (AvgIpc) is 2.45. The third-order valence-electron chi connectivity index (χ3n) is 3.62. The van der Waals surface area contributed by atoms with Gasteiger partial charge in [0, 0.05) is 13.6 Å². The second-order valence-electron chi connectivity index (χ2n) is 5.79. The topological polar surface area (TPSA) is 98.7 Å². The molecule has 2 atom stereocenters. The lowest BCUT2D eigenvalue weighted by atomic mass is 10.0. The molecule has 7 nitrogen and oxygen atoms in total. The Bertz CT molecular complexity index is 398. The minimum absolute atomic E-state index is 0.155. The first-order valence-corrected chi connectivity index (χ1v) is 7.38. The van der Waals surface area contributed by atoms with Crippen molar-refractivity contribution in [2.75, 3.05) is 13.6 Å². The maximum atomic E-state index is 12.3. The summed E-state index contributed by atoms with van der Waals surface area (Å²) in [5, 5.41) is 14.3. The maximum absolute atomic E-state index is 12.3. The van der Waals surface area contributed by atoms with Crippen LogP contribution in [0.1, 0.15) is 39.5 Å². The highest BCUT2D eigenvalue weighted by molar-refractivity contribution is 5.88. The van der Waals surface area contributed by atoms with Gasteiger partial charge in [-0.2, -0.15) is 0 Å². The van der Waals surface area contributed by atoms with E-state index in [1.54, 1.807) is 0 Å². The number of carbonyl (C=O) groups excluding carboxylic acids is 2. The first-order valence-electron chi connectivity index (χ1n) is 7.38. The van der Waals surface area contributed by atoms with Gasteiger partial charge >= 0.3 is 12.0 Å². The van der Waals surface area contributed by atoms with Crippen LogP contribution in [0.3, 0.4) is 0 Å². The number of carboxylic acid groups (broad SMARTS) is 1. The van der Waals surface area contributed by atoms with Gasteiger partial charge in [-0.05, 0) is 31.6 Å². The SMILES string of the molecule is CNC(=O)C1CCCCN1C(=O)N[C@H](CC(C)C)C(=O)O. The monoisotopic (exact) mass is 299 g/mol. The van der Waals surface area contributed by atoms with E-state index in [0.717, 1.165) is 12.8 Å². The quantitative estimate of drug-likeness (QED) is 0.699. The fraction of sp³-hybridized carbons (Fsp3) is 0.786. The Morgan fingerprint density at radius 2 is 1.95 bits per heavy atom. The predicted octanol–water partition coefficient (Wildman–Crippen LogP) is 0.796. The molecule has 0 spiro atoms. The number of carbonyl (C=O) groups is 3. The van der Waals surface area contributed by atoms with Gasteiger partial charge in [-0.25, -0.2) is 9.59 Å². The third kappa shape index (κ3) is 4.91. The minimum atomic E-state index is -1.05. The summed E-state index contributed by atoms with van der Waals surface area (Å²) in [6.07, 6.45) is 2.67. The van der Waals surface area contributed by atoms with Crippen LogP contribution in [-0.2, 0) is 9.59 Å². The fourth-order valence-corrected chi connectivity index (χ4v) is 2.54. The summed E-state index contributed by atoms with van der Waals surface area (Å²) in [6.45, 7) is 4.27. The zero-order valence-corrected chi connectivity index (χ0v) is 12.9. The predicted molar refractivity (Wildman–Crippen MR) is 77.8 cm³/mol. The van der Waals surface area contributed by atoms with Crippen LogP contribution in [-0.4, -0.2) is 53.6 Å². The summed E-state index contributed by atoms with van der Waals surface area (Å²) in [5.74, 6) is -1.10. The summed E-state index contributed by atoms with van der Waals surface area (Å²) in [6, 6.07) is -1.92. The molecule has 1 saturated heterocycles. The van der Waals surface area contributed by atoms with Gasteiger partial charge in [0.1, 0.15) is 12.1 Å². The molecule has 0 aromatic rings. The van der Waals surface area contributed by atoms with Crippen LogP contribution in [0.25, 0.3) is 0 Å². The standard InChI is InChI=1S/C14H25N3O4/c1-9(2)8-10(13(19)20)16-14(21)17-7-5-4-6-11(17)12(18)15-3/h9-11H,4-8H2,1-3H3,(H,15,18)(H,16,21)(H,19,20)/t10-,11?/m1/s1. The van der Waals surface area contributed by atoms with E-state index in [1.165, 1.54) is 11.9 Å². The molecule has 0 aromatic carbocycles. The number of likely N-dealkylation sites (tertiary alicyclic amines) is 1. The molecule has 1 aliphatic rings. The van der Waals surface area contributed by atoms with Crippen molar-refractivity contribution in [1.82, 2.24) is 15.5 Å². The molecule has 120 valence electrons. The number of hydrogen-bond donors (Lipinski definition) is 3. The van der Waals surface area contributed by atoms with Crippen LogP contribution < -0.4 is 10.6 Å².